The van der Waals surface area contributed by atoms with Crippen molar-refractivity contribution < 1.29 is 18.7 Å². The molecule has 32 heavy (non-hydrogen) atoms. The molecule has 1 aromatic heterocycles. The maximum Gasteiger partial charge on any atom is 0.211 e. The molecule has 0 fully saturated rings. The first-order chi connectivity index (χ1) is 14.9. The summed E-state index contributed by atoms with van der Waals surface area (Å²) in [5, 5.41) is 27.2. The van der Waals surface area contributed by atoms with E-state index in [-0.39, 0.29) is 17.4 Å². The van der Waals surface area contributed by atoms with Crippen molar-refractivity contribution in [2.75, 3.05) is 12.4 Å². The van der Waals surface area contributed by atoms with E-state index in [0.29, 0.717) is 22.8 Å². The topological polar surface area (TPSA) is 138 Å². The fourth-order valence-corrected chi connectivity index (χ4v) is 3.48. The molecule has 7 nitrogen and oxygen atoms in total. The van der Waals surface area contributed by atoms with Gasteiger partial charge in [-0.25, -0.2) is 4.39 Å². The average Bonchev–Trinajstić information content (AvgIpc) is 3.11. The number of nitrogens with zero attached hydrogens (tertiary/aromatic N) is 1. The summed E-state index contributed by atoms with van der Waals surface area (Å²) in [5.74, 6) is 0.160. The van der Waals surface area contributed by atoms with Crippen molar-refractivity contribution in [2.45, 2.75) is 71.0 Å². The Balaban J connectivity index is 0.000000595. The number of rotatable bonds is 6. The molecule has 0 saturated heterocycles. The van der Waals surface area contributed by atoms with Gasteiger partial charge in [-0.2, -0.15) is 5.26 Å². The fourth-order valence-electron chi connectivity index (χ4n) is 3.12. The monoisotopic (exact) mass is 466 g/mol. The van der Waals surface area contributed by atoms with Crippen molar-refractivity contribution in [3.05, 3.63) is 46.0 Å². The zero-order valence-electron chi connectivity index (χ0n) is 20.0. The molecule has 2 aromatic rings. The second kappa shape index (κ2) is 13.2. The number of amides is 1. The second-order valence-corrected chi connectivity index (χ2v) is 8.65. The van der Waals surface area contributed by atoms with Gasteiger partial charge in [-0.1, -0.05) is 27.7 Å². The normalized spacial score (nSPS) is 10.7. The van der Waals surface area contributed by atoms with Crippen LogP contribution in [0.15, 0.2) is 21.6 Å². The summed E-state index contributed by atoms with van der Waals surface area (Å²) in [6, 6.07) is 5.14. The van der Waals surface area contributed by atoms with Crippen LogP contribution in [0.5, 0.6) is 0 Å². The summed E-state index contributed by atoms with van der Waals surface area (Å²) in [7, 11) is 1.50. The molecule has 0 atom stereocenters. The molecule has 0 unspecified atom stereocenters. The van der Waals surface area contributed by atoms with E-state index < -0.39 is 11.4 Å². The van der Waals surface area contributed by atoms with Gasteiger partial charge in [0.1, 0.15) is 17.6 Å². The number of hydrogen-bond donors (Lipinski definition) is 4. The van der Waals surface area contributed by atoms with Crippen LogP contribution in [-0.2, 0) is 10.4 Å². The highest BCUT2D eigenvalue weighted by Crippen LogP contribution is 2.36. The van der Waals surface area contributed by atoms with E-state index in [1.165, 1.54) is 13.1 Å². The second-order valence-electron chi connectivity index (χ2n) is 8.01. The lowest BCUT2D eigenvalue weighted by molar-refractivity contribution is -0.105. The molecule has 1 heterocycles. The van der Waals surface area contributed by atoms with Crippen LogP contribution in [0.25, 0.3) is 0 Å². The Bertz CT molecular complexity index is 929. The molecule has 0 aliphatic rings. The third-order valence-electron chi connectivity index (χ3n) is 4.52. The van der Waals surface area contributed by atoms with Gasteiger partial charge in [0, 0.05) is 11.1 Å². The van der Waals surface area contributed by atoms with Gasteiger partial charge in [0.2, 0.25) is 6.41 Å². The number of nitrogens with two attached hydrogens (primary N) is 2. The highest BCUT2D eigenvalue weighted by molar-refractivity contribution is 7.96. The van der Waals surface area contributed by atoms with Gasteiger partial charge in [-0.15, -0.1) is 0 Å². The van der Waals surface area contributed by atoms with Crippen LogP contribution in [0.1, 0.15) is 81.4 Å². The first kappa shape index (κ1) is 29.6. The molecule has 0 spiro atoms. The molecule has 178 valence electrons. The molecule has 9 heteroatoms. The highest BCUT2D eigenvalue weighted by atomic mass is 32.2. The number of nitriles is 1. The maximum absolute atomic E-state index is 14.2. The van der Waals surface area contributed by atoms with Crippen LogP contribution in [-0.4, -0.2) is 18.6 Å². The van der Waals surface area contributed by atoms with Crippen LogP contribution in [0.4, 0.5) is 10.1 Å². The van der Waals surface area contributed by atoms with Crippen molar-refractivity contribution in [1.82, 2.24) is 0 Å². The summed E-state index contributed by atoms with van der Waals surface area (Å²) in [4.78, 5) is 10.7. The molecule has 0 bridgehead atoms. The molecule has 0 radical (unpaired) electrons. The van der Waals surface area contributed by atoms with Gasteiger partial charge in [0.05, 0.1) is 16.9 Å². The lowest BCUT2D eigenvalue weighted by Gasteiger charge is -2.20. The van der Waals surface area contributed by atoms with E-state index in [1.54, 1.807) is 19.9 Å². The summed E-state index contributed by atoms with van der Waals surface area (Å²) < 4.78 is 19.4. The summed E-state index contributed by atoms with van der Waals surface area (Å²) in [5.41, 5.74) is 6.12. The van der Waals surface area contributed by atoms with Crippen LogP contribution in [0.3, 0.4) is 0 Å². The number of benzene rings is 1. The molecular formula is C23H35FN4O3S. The third-order valence-corrected chi connectivity index (χ3v) is 4.96. The van der Waals surface area contributed by atoms with Gasteiger partial charge in [0.15, 0.2) is 5.09 Å². The van der Waals surface area contributed by atoms with E-state index in [2.05, 4.69) is 11.1 Å². The van der Waals surface area contributed by atoms with Crippen LogP contribution >= 0.6 is 11.9 Å². The molecule has 2 rings (SSSR count). The van der Waals surface area contributed by atoms with E-state index in [4.69, 9.17) is 14.8 Å². The molecule has 0 aliphatic heterocycles. The lowest BCUT2D eigenvalue weighted by atomic mass is 9.90. The number of hydrogen-bond acceptors (Lipinski definition) is 7. The number of nitrogens with one attached hydrogen (secondary N) is 1. The first-order valence-electron chi connectivity index (χ1n) is 10.1. The zero-order valence-corrected chi connectivity index (χ0v) is 20.9. The number of carbonyl (C=O) groups excluding carboxylic acids is 1. The zero-order chi connectivity index (χ0) is 25.2. The van der Waals surface area contributed by atoms with Gasteiger partial charge in [-0.05, 0) is 69.3 Å². The van der Waals surface area contributed by atoms with Gasteiger partial charge >= 0.3 is 0 Å². The number of carbonyl (C=O) groups is 1. The first-order valence-corrected chi connectivity index (χ1v) is 11.0. The minimum Gasteiger partial charge on any atom is -0.453 e. The minimum absolute atomic E-state index is 0.0267. The summed E-state index contributed by atoms with van der Waals surface area (Å²) in [6.07, 6.45) is 0.540. The summed E-state index contributed by atoms with van der Waals surface area (Å²) in [6.45, 7) is 12.8. The predicted molar refractivity (Wildman–Crippen MR) is 128 cm³/mol. The lowest BCUT2D eigenvalue weighted by Crippen LogP contribution is -2.15. The number of halogens is 1. The quantitative estimate of drug-likeness (QED) is 0.352. The predicted octanol–water partition coefficient (Wildman–Crippen LogP) is 4.87. The Morgan fingerprint density at radius 1 is 1.25 bits per heavy atom. The van der Waals surface area contributed by atoms with Crippen molar-refractivity contribution in [3.8, 4) is 6.07 Å². The highest BCUT2D eigenvalue weighted by Gasteiger charge is 2.23. The van der Waals surface area contributed by atoms with Crippen LogP contribution in [0.2, 0.25) is 0 Å². The van der Waals surface area contributed by atoms with E-state index in [1.807, 2.05) is 40.7 Å². The molecule has 1 amide bonds. The smallest absolute Gasteiger partial charge is 0.211 e. The minimum atomic E-state index is -0.860. The Morgan fingerprint density at radius 2 is 1.81 bits per heavy atom. The average molecular weight is 467 g/mol. The van der Waals surface area contributed by atoms with Crippen molar-refractivity contribution in [1.29, 1.82) is 5.26 Å². The molecule has 0 saturated carbocycles. The molecule has 0 aliphatic carbocycles. The number of aryl methyl sites for hydroxylation is 1. The third kappa shape index (κ3) is 7.64. The molecular weight excluding hydrogens is 431 g/mol. The number of anilines is 1. The van der Waals surface area contributed by atoms with E-state index in [9.17, 15) is 14.3 Å². The Kier molecular flexibility index (Phi) is 12.2. The molecule has 6 N–H and O–H groups in total. The van der Waals surface area contributed by atoms with Gasteiger partial charge < -0.3 is 20.6 Å². The van der Waals surface area contributed by atoms with Crippen molar-refractivity contribution in [2.24, 2.45) is 10.9 Å². The van der Waals surface area contributed by atoms with Crippen molar-refractivity contribution >= 4 is 24.0 Å². The summed E-state index contributed by atoms with van der Waals surface area (Å²) >= 11 is 1.04. The largest absolute Gasteiger partial charge is 0.453 e. The Labute approximate surface area is 194 Å². The number of aliphatic hydroxyl groups is 1. The Morgan fingerprint density at radius 3 is 2.12 bits per heavy atom. The van der Waals surface area contributed by atoms with E-state index in [0.717, 1.165) is 28.8 Å². The maximum atomic E-state index is 14.2. The number of furan rings is 1. The standard InChI is InChI=1S/C14H17FN2O.C8H13NO2S.CH5N/c1-8(2)11-5-10(6-16)13(15)12(9(3)4)14(11)17-7-18;1-5-6(8(2,3)10)4-7(11-5)12-9;1-2/h5,7-9H,1-4H3,(H,17,18);4,10H,9H2,1-3H3;2H2,1H3. The van der Waals surface area contributed by atoms with Crippen molar-refractivity contribution in [3.63, 3.8) is 0 Å². The van der Waals surface area contributed by atoms with E-state index >= 15 is 0 Å². The van der Waals surface area contributed by atoms with Gasteiger partial charge in [0.25, 0.3) is 0 Å². The van der Waals surface area contributed by atoms with Crippen LogP contribution < -0.4 is 16.2 Å². The SMILES string of the molecule is CC(C)c1cc(C#N)c(F)c(C(C)C)c1NC=O.CN.Cc1oc(SN)cc1C(C)(C)O. The van der Waals surface area contributed by atoms with Gasteiger partial charge in [-0.3, -0.25) is 9.93 Å². The molecule has 1 aromatic carbocycles. The Hall–Kier alpha value is -2.38. The fraction of sp³-hybridized carbons (Fsp3) is 0.478. The van der Waals surface area contributed by atoms with Crippen LogP contribution in [0, 0.1) is 24.1 Å².